The number of nitrogens with one attached hydrogen (secondary N) is 1. The lowest BCUT2D eigenvalue weighted by atomic mass is 10.2. The van der Waals surface area contributed by atoms with Gasteiger partial charge < -0.3 is 0 Å². The van der Waals surface area contributed by atoms with E-state index in [1.807, 2.05) is 12.3 Å². The van der Waals surface area contributed by atoms with Crippen molar-refractivity contribution in [1.29, 1.82) is 0 Å². The van der Waals surface area contributed by atoms with Crippen LogP contribution in [0, 0.1) is 0 Å². The maximum atomic E-state index is 11.4. The van der Waals surface area contributed by atoms with Gasteiger partial charge in [0.2, 0.25) is 5.28 Å². The number of aromatic nitrogens is 2. The Labute approximate surface area is 83.4 Å². The summed E-state index contributed by atoms with van der Waals surface area (Å²) in [7, 11) is 0. The minimum Gasteiger partial charge on any atom is -0.296 e. The van der Waals surface area contributed by atoms with Crippen LogP contribution in [0.1, 0.15) is 12.5 Å². The van der Waals surface area contributed by atoms with E-state index in [1.54, 1.807) is 0 Å². The van der Waals surface area contributed by atoms with Crippen molar-refractivity contribution in [2.45, 2.75) is 13.3 Å². The van der Waals surface area contributed by atoms with Crippen LogP contribution in [0.4, 0.5) is 0 Å². The van der Waals surface area contributed by atoms with Crippen LogP contribution in [0.25, 0.3) is 10.2 Å². The van der Waals surface area contributed by atoms with E-state index in [0.717, 1.165) is 17.5 Å². The molecule has 0 aliphatic carbocycles. The zero-order valence-electron chi connectivity index (χ0n) is 6.93. The summed E-state index contributed by atoms with van der Waals surface area (Å²) in [6.07, 6.45) is 0.868. The summed E-state index contributed by atoms with van der Waals surface area (Å²) in [5, 5.41) is 2.11. The van der Waals surface area contributed by atoms with E-state index >= 15 is 0 Å². The zero-order valence-corrected chi connectivity index (χ0v) is 8.50. The van der Waals surface area contributed by atoms with Crippen LogP contribution >= 0.6 is 22.9 Å². The molecule has 0 amide bonds. The summed E-state index contributed by atoms with van der Waals surface area (Å²) in [5.74, 6) is 0. The molecule has 2 heterocycles. The van der Waals surface area contributed by atoms with Crippen LogP contribution in [-0.2, 0) is 6.42 Å². The highest BCUT2D eigenvalue weighted by Gasteiger charge is 2.08. The standard InChI is InChI=1S/C8H7ClN2OS/c1-2-4-3-13-6-5(4)10-8(9)11-7(6)12/h3H,2H2,1H3,(H,10,11,12). The monoisotopic (exact) mass is 214 g/mol. The molecule has 0 saturated heterocycles. The fourth-order valence-electron chi connectivity index (χ4n) is 1.20. The van der Waals surface area contributed by atoms with Gasteiger partial charge in [-0.05, 0) is 29.0 Å². The highest BCUT2D eigenvalue weighted by molar-refractivity contribution is 7.17. The van der Waals surface area contributed by atoms with Gasteiger partial charge in [-0.25, -0.2) is 4.98 Å². The van der Waals surface area contributed by atoms with E-state index in [4.69, 9.17) is 11.6 Å². The van der Waals surface area contributed by atoms with E-state index in [0.29, 0.717) is 4.70 Å². The molecule has 2 aromatic heterocycles. The smallest absolute Gasteiger partial charge is 0.269 e. The summed E-state index contributed by atoms with van der Waals surface area (Å²) < 4.78 is 0.654. The zero-order chi connectivity index (χ0) is 9.42. The molecule has 0 atom stereocenters. The van der Waals surface area contributed by atoms with E-state index in [1.165, 1.54) is 11.3 Å². The van der Waals surface area contributed by atoms with Crippen molar-refractivity contribution in [2.75, 3.05) is 0 Å². The molecular weight excluding hydrogens is 208 g/mol. The van der Waals surface area contributed by atoms with E-state index in [2.05, 4.69) is 9.97 Å². The molecule has 0 aromatic carbocycles. The molecule has 0 radical (unpaired) electrons. The van der Waals surface area contributed by atoms with Crippen molar-refractivity contribution in [2.24, 2.45) is 0 Å². The van der Waals surface area contributed by atoms with E-state index < -0.39 is 0 Å². The second kappa shape index (κ2) is 3.12. The largest absolute Gasteiger partial charge is 0.296 e. The van der Waals surface area contributed by atoms with Crippen molar-refractivity contribution in [1.82, 2.24) is 9.97 Å². The van der Waals surface area contributed by atoms with Gasteiger partial charge in [-0.1, -0.05) is 6.92 Å². The summed E-state index contributed by atoms with van der Waals surface area (Å²) in [6, 6.07) is 0. The number of halogens is 1. The summed E-state index contributed by atoms with van der Waals surface area (Å²) >= 11 is 7.06. The fourth-order valence-corrected chi connectivity index (χ4v) is 2.35. The van der Waals surface area contributed by atoms with Crippen molar-refractivity contribution in [3.05, 3.63) is 26.6 Å². The molecule has 2 aromatic rings. The Kier molecular flexibility index (Phi) is 2.09. The van der Waals surface area contributed by atoms with Crippen LogP contribution < -0.4 is 5.56 Å². The Hall–Kier alpha value is -0.870. The van der Waals surface area contributed by atoms with Gasteiger partial charge in [-0.2, -0.15) is 0 Å². The average Bonchev–Trinajstić information content (AvgIpc) is 2.47. The number of nitrogens with zero attached hydrogens (tertiary/aromatic N) is 1. The molecular formula is C8H7ClN2OS. The second-order valence-electron chi connectivity index (χ2n) is 2.65. The predicted octanol–water partition coefficient (Wildman–Crippen LogP) is 2.20. The van der Waals surface area contributed by atoms with Crippen molar-refractivity contribution < 1.29 is 0 Å². The van der Waals surface area contributed by atoms with Crippen LogP contribution in [0.15, 0.2) is 10.2 Å². The maximum Gasteiger partial charge on any atom is 0.269 e. The Morgan fingerprint density at radius 1 is 1.69 bits per heavy atom. The number of thiophene rings is 1. The lowest BCUT2D eigenvalue weighted by Crippen LogP contribution is -2.05. The predicted molar refractivity (Wildman–Crippen MR) is 54.6 cm³/mol. The topological polar surface area (TPSA) is 45.8 Å². The molecule has 0 aliphatic heterocycles. The quantitative estimate of drug-likeness (QED) is 0.740. The lowest BCUT2D eigenvalue weighted by Gasteiger charge is -1.93. The first-order valence-corrected chi connectivity index (χ1v) is 5.14. The number of hydrogen-bond acceptors (Lipinski definition) is 3. The van der Waals surface area contributed by atoms with Gasteiger partial charge in [0.05, 0.1) is 5.52 Å². The number of aromatic amines is 1. The molecule has 0 aliphatic rings. The first-order chi connectivity index (χ1) is 6.22. The number of H-pyrrole nitrogens is 1. The third-order valence-corrected chi connectivity index (χ3v) is 3.05. The molecule has 68 valence electrons. The molecule has 0 saturated carbocycles. The fraction of sp³-hybridized carbons (Fsp3) is 0.250. The van der Waals surface area contributed by atoms with Gasteiger partial charge in [0.1, 0.15) is 4.70 Å². The lowest BCUT2D eigenvalue weighted by molar-refractivity contribution is 1.13. The van der Waals surface area contributed by atoms with Crippen LogP contribution in [-0.4, -0.2) is 9.97 Å². The molecule has 0 unspecified atom stereocenters. The summed E-state index contributed by atoms with van der Waals surface area (Å²) in [6.45, 7) is 2.03. The van der Waals surface area contributed by atoms with Crippen molar-refractivity contribution in [3.63, 3.8) is 0 Å². The number of fused-ring (bicyclic) bond motifs is 1. The Morgan fingerprint density at radius 2 is 2.46 bits per heavy atom. The van der Waals surface area contributed by atoms with Crippen LogP contribution in [0.2, 0.25) is 5.28 Å². The highest BCUT2D eigenvalue weighted by Crippen LogP contribution is 2.21. The normalized spacial score (nSPS) is 10.9. The summed E-state index contributed by atoms with van der Waals surface area (Å²) in [5.41, 5.74) is 1.66. The molecule has 2 rings (SSSR count). The Morgan fingerprint density at radius 3 is 3.15 bits per heavy atom. The Bertz CT molecular complexity index is 502. The first-order valence-electron chi connectivity index (χ1n) is 3.88. The maximum absolute atomic E-state index is 11.4. The van der Waals surface area contributed by atoms with Gasteiger partial charge in [-0.3, -0.25) is 9.78 Å². The number of aryl methyl sites for hydroxylation is 1. The third-order valence-electron chi connectivity index (χ3n) is 1.85. The summed E-state index contributed by atoms with van der Waals surface area (Å²) in [4.78, 5) is 17.9. The average molecular weight is 215 g/mol. The Balaban J connectivity index is 2.90. The van der Waals surface area contributed by atoms with Gasteiger partial charge in [0, 0.05) is 0 Å². The molecule has 5 heteroatoms. The minimum absolute atomic E-state index is 0.153. The van der Waals surface area contributed by atoms with Crippen molar-refractivity contribution in [3.8, 4) is 0 Å². The molecule has 0 bridgehead atoms. The number of rotatable bonds is 1. The second-order valence-corrected chi connectivity index (χ2v) is 3.89. The van der Waals surface area contributed by atoms with Crippen LogP contribution in [0.5, 0.6) is 0 Å². The van der Waals surface area contributed by atoms with Crippen molar-refractivity contribution >= 4 is 33.2 Å². The number of hydrogen-bond donors (Lipinski definition) is 1. The SMILES string of the molecule is CCc1csc2c(=O)[nH]c(Cl)nc12. The van der Waals surface area contributed by atoms with Gasteiger partial charge in [-0.15, -0.1) is 11.3 Å². The molecule has 0 fully saturated rings. The van der Waals surface area contributed by atoms with Gasteiger partial charge in [0.25, 0.3) is 5.56 Å². The van der Waals surface area contributed by atoms with E-state index in [9.17, 15) is 4.79 Å². The third kappa shape index (κ3) is 1.36. The van der Waals surface area contributed by atoms with E-state index in [-0.39, 0.29) is 10.8 Å². The van der Waals surface area contributed by atoms with Gasteiger partial charge >= 0.3 is 0 Å². The first kappa shape index (κ1) is 8.72. The minimum atomic E-state index is -0.153. The molecule has 3 nitrogen and oxygen atoms in total. The van der Waals surface area contributed by atoms with Crippen LogP contribution in [0.3, 0.4) is 0 Å². The molecule has 0 spiro atoms. The highest BCUT2D eigenvalue weighted by atomic mass is 35.5. The van der Waals surface area contributed by atoms with Gasteiger partial charge in [0.15, 0.2) is 0 Å². The molecule has 1 N–H and O–H groups in total. The molecule has 13 heavy (non-hydrogen) atoms.